The number of cyclic esters (lactones) is 1. The highest BCUT2D eigenvalue weighted by Gasteiger charge is 2.45. The Morgan fingerprint density at radius 2 is 1.44 bits per heavy atom. The number of rotatable bonds is 7. The molecule has 54 heavy (non-hydrogen) atoms. The van der Waals surface area contributed by atoms with E-state index in [1.807, 2.05) is 6.92 Å². The van der Waals surface area contributed by atoms with Crippen LogP contribution in [0.1, 0.15) is 111 Å². The van der Waals surface area contributed by atoms with Crippen molar-refractivity contribution in [3.8, 4) is 16.9 Å². The Labute approximate surface area is 306 Å². The summed E-state index contributed by atoms with van der Waals surface area (Å²) in [6.45, 7) is 2.75. The molecular weight excluding hydrogens is 732 g/mol. The zero-order chi connectivity index (χ0) is 39.4. The van der Waals surface area contributed by atoms with E-state index in [4.69, 9.17) is 9.47 Å². The van der Waals surface area contributed by atoms with Crippen LogP contribution in [-0.4, -0.2) is 24.1 Å². The largest absolute Gasteiger partial charge is 0.496 e. The summed E-state index contributed by atoms with van der Waals surface area (Å²) in [4.78, 5) is 14.2. The van der Waals surface area contributed by atoms with E-state index in [0.717, 1.165) is 55.6 Å². The molecule has 3 aromatic rings. The maximum Gasteiger partial charge on any atom is 0.416 e. The van der Waals surface area contributed by atoms with Crippen molar-refractivity contribution in [1.82, 2.24) is 4.90 Å². The molecule has 2 saturated carbocycles. The number of fused-ring (bicyclic) bond motifs is 1. The topological polar surface area (TPSA) is 38.8 Å². The Bertz CT molecular complexity index is 1840. The molecule has 3 fully saturated rings. The van der Waals surface area contributed by atoms with Crippen LogP contribution in [0.2, 0.25) is 0 Å². The summed E-state index contributed by atoms with van der Waals surface area (Å²) in [6, 6.07) is 5.36. The van der Waals surface area contributed by atoms with Gasteiger partial charge in [-0.3, -0.25) is 4.90 Å². The average Bonchev–Trinajstić information content (AvgIpc) is 3.81. The van der Waals surface area contributed by atoms with Crippen LogP contribution in [0, 0.1) is 17.7 Å². The first-order chi connectivity index (χ1) is 25.3. The van der Waals surface area contributed by atoms with Crippen LogP contribution >= 0.6 is 0 Å². The van der Waals surface area contributed by atoms with Crippen molar-refractivity contribution in [1.29, 1.82) is 0 Å². The fraction of sp³-hybridized carbons (Fsp3) is 0.525. The van der Waals surface area contributed by atoms with Crippen LogP contribution in [0.5, 0.6) is 5.75 Å². The maximum atomic E-state index is 16.2. The van der Waals surface area contributed by atoms with Crippen molar-refractivity contribution in [3.05, 3.63) is 87.7 Å². The minimum absolute atomic E-state index is 0.0317. The van der Waals surface area contributed by atoms with Crippen LogP contribution in [0.25, 0.3) is 11.1 Å². The van der Waals surface area contributed by atoms with Gasteiger partial charge in [-0.25, -0.2) is 9.18 Å². The van der Waals surface area contributed by atoms with E-state index in [2.05, 4.69) is 0 Å². The van der Waals surface area contributed by atoms with Gasteiger partial charge in [-0.2, -0.15) is 39.5 Å². The van der Waals surface area contributed by atoms with E-state index in [9.17, 15) is 44.3 Å². The highest BCUT2D eigenvalue weighted by molar-refractivity contribution is 5.77. The predicted molar refractivity (Wildman–Crippen MR) is 180 cm³/mol. The lowest BCUT2D eigenvalue weighted by molar-refractivity contribution is -0.143. The molecule has 0 spiro atoms. The molecule has 0 aromatic heterocycles. The molecule has 1 saturated heterocycles. The summed E-state index contributed by atoms with van der Waals surface area (Å²) in [5, 5.41) is 0. The van der Waals surface area contributed by atoms with Crippen molar-refractivity contribution in [2.24, 2.45) is 11.8 Å². The first kappa shape index (κ1) is 39.7. The Morgan fingerprint density at radius 1 is 0.796 bits per heavy atom. The van der Waals surface area contributed by atoms with Gasteiger partial charge in [0.2, 0.25) is 0 Å². The highest BCUT2D eigenvalue weighted by atomic mass is 19.4. The number of amides is 1. The molecule has 5 unspecified atom stereocenters. The molecule has 6 rings (SSSR count). The normalized spacial score (nSPS) is 25.3. The molecule has 4 nitrogen and oxygen atoms in total. The first-order valence-corrected chi connectivity index (χ1v) is 18.1. The number of methoxy groups -OCH3 is 1. The number of carbonyl (C=O) groups excluding carboxylic acids is 1. The van der Waals surface area contributed by atoms with E-state index in [0.29, 0.717) is 42.4 Å². The van der Waals surface area contributed by atoms with Gasteiger partial charge in [0.05, 0.1) is 36.4 Å². The van der Waals surface area contributed by atoms with Gasteiger partial charge in [-0.05, 0) is 115 Å². The number of halogens is 10. The number of benzene rings is 3. The third kappa shape index (κ3) is 8.03. The summed E-state index contributed by atoms with van der Waals surface area (Å²) in [7, 11) is 1.29. The van der Waals surface area contributed by atoms with Crippen LogP contribution in [0.15, 0.2) is 48.5 Å². The molecule has 1 aliphatic heterocycles. The minimum Gasteiger partial charge on any atom is -0.496 e. The Hall–Kier alpha value is -3.97. The molecule has 5 atom stereocenters. The van der Waals surface area contributed by atoms with Crippen LogP contribution < -0.4 is 4.74 Å². The second kappa shape index (κ2) is 14.6. The molecule has 294 valence electrons. The molecule has 0 N–H and O–H groups in total. The van der Waals surface area contributed by atoms with Gasteiger partial charge in [-0.1, -0.05) is 38.7 Å². The van der Waals surface area contributed by atoms with Gasteiger partial charge in [0.15, 0.2) is 0 Å². The van der Waals surface area contributed by atoms with Crippen molar-refractivity contribution in [3.63, 3.8) is 0 Å². The number of alkyl halides is 9. The van der Waals surface area contributed by atoms with Crippen molar-refractivity contribution in [2.45, 2.75) is 114 Å². The van der Waals surface area contributed by atoms with Crippen molar-refractivity contribution in [2.75, 3.05) is 7.11 Å². The van der Waals surface area contributed by atoms with Gasteiger partial charge < -0.3 is 9.47 Å². The smallest absolute Gasteiger partial charge is 0.416 e. The summed E-state index contributed by atoms with van der Waals surface area (Å²) in [5.74, 6) is 0.792. The summed E-state index contributed by atoms with van der Waals surface area (Å²) in [5.41, 5.74) is -4.61. The zero-order valence-electron chi connectivity index (χ0n) is 30.0. The van der Waals surface area contributed by atoms with Gasteiger partial charge in [0.1, 0.15) is 17.7 Å². The summed E-state index contributed by atoms with van der Waals surface area (Å²) < 4.78 is 151. The van der Waals surface area contributed by atoms with Crippen LogP contribution in [0.4, 0.5) is 48.7 Å². The van der Waals surface area contributed by atoms with Gasteiger partial charge in [0.25, 0.3) is 0 Å². The van der Waals surface area contributed by atoms with E-state index >= 15 is 4.39 Å². The maximum absolute atomic E-state index is 16.2. The lowest BCUT2D eigenvalue weighted by Gasteiger charge is -2.35. The summed E-state index contributed by atoms with van der Waals surface area (Å²) in [6.07, 6.45) is -9.59. The quantitative estimate of drug-likeness (QED) is 0.225. The number of hydrogen-bond donors (Lipinski definition) is 0. The predicted octanol–water partition coefficient (Wildman–Crippen LogP) is 12.7. The second-order valence-electron chi connectivity index (χ2n) is 14.9. The van der Waals surface area contributed by atoms with Crippen molar-refractivity contribution < 1.29 is 58.2 Å². The van der Waals surface area contributed by atoms with E-state index in [1.165, 1.54) is 32.6 Å². The third-order valence-corrected chi connectivity index (χ3v) is 11.7. The summed E-state index contributed by atoms with van der Waals surface area (Å²) >= 11 is 0. The van der Waals surface area contributed by atoms with Gasteiger partial charge >= 0.3 is 24.6 Å². The molecule has 3 aliphatic rings. The fourth-order valence-corrected chi connectivity index (χ4v) is 8.45. The van der Waals surface area contributed by atoms with Gasteiger partial charge in [-0.15, -0.1) is 0 Å². The van der Waals surface area contributed by atoms with Crippen LogP contribution in [-0.2, 0) is 35.2 Å². The van der Waals surface area contributed by atoms with Crippen LogP contribution in [0.3, 0.4) is 0 Å². The lowest BCUT2D eigenvalue weighted by Crippen LogP contribution is -2.32. The molecule has 3 aromatic carbocycles. The van der Waals surface area contributed by atoms with E-state index in [-0.39, 0.29) is 28.5 Å². The van der Waals surface area contributed by atoms with E-state index in [1.54, 1.807) is 6.07 Å². The zero-order valence-corrected chi connectivity index (χ0v) is 30.0. The SMILES string of the molecule is CCC1(c2cc(-c3ccc(C(F)(F)F)cc3CN3C(=O)OC(c4cc(C(F)(F)F)cc(C(F)(F)F)c4)C3C)c(OC)cc2F)CCCCCC2CC2CC1. The molecule has 1 amide bonds. The standard InChI is InChI=1S/C40H41F10NO3/c1-4-37(12-7-5-6-8-23-14-24(23)11-13-37)32-19-31(34(53-3)20-33(32)41)30-10-9-27(38(42,43)44)17-26(30)21-51-22(2)35(54-36(51)52)25-15-28(39(45,46)47)18-29(16-25)40(48,49)50/h9-10,15-20,22-24,35H,4-8,11-14,21H2,1-3H3. The molecule has 2 aliphatic carbocycles. The molecule has 1 heterocycles. The lowest BCUT2D eigenvalue weighted by atomic mass is 9.69. The second-order valence-corrected chi connectivity index (χ2v) is 14.9. The molecule has 0 radical (unpaired) electrons. The molecule has 0 bridgehead atoms. The minimum atomic E-state index is -5.16. The fourth-order valence-electron chi connectivity index (χ4n) is 8.45. The average molecular weight is 774 g/mol. The molecular formula is C40H41F10NO3. The van der Waals surface area contributed by atoms with E-state index < -0.39 is 76.8 Å². The van der Waals surface area contributed by atoms with Gasteiger partial charge in [0, 0.05) is 11.6 Å². The Morgan fingerprint density at radius 3 is 2.06 bits per heavy atom. The Balaban J connectivity index is 1.42. The van der Waals surface area contributed by atoms with Crippen molar-refractivity contribution >= 4 is 6.09 Å². The molecule has 14 heteroatoms. The number of ether oxygens (including phenoxy) is 2. The number of nitrogens with zero attached hydrogens (tertiary/aromatic N) is 1. The first-order valence-electron chi connectivity index (χ1n) is 18.1. The number of carbonyl (C=O) groups is 1. The number of hydrogen-bond acceptors (Lipinski definition) is 3. The third-order valence-electron chi connectivity index (χ3n) is 11.7. The monoisotopic (exact) mass is 773 g/mol. The Kier molecular flexibility index (Phi) is 10.7. The highest BCUT2D eigenvalue weighted by Crippen LogP contribution is 2.52.